The molecule has 0 aliphatic heterocycles. The van der Waals surface area contributed by atoms with Gasteiger partial charge in [0.25, 0.3) is 0 Å². The molecule has 3 N–H and O–H groups in total. The molecule has 0 spiro atoms. The smallest absolute Gasteiger partial charge is 0.326 e. The number of aromatic nitrogens is 4. The van der Waals surface area contributed by atoms with Crippen LogP contribution in [0.1, 0.15) is 13.0 Å². The molecular weight excluding hydrogens is 198 g/mol. The number of aliphatic carboxylic acids is 1. The van der Waals surface area contributed by atoms with Crippen molar-refractivity contribution in [2.75, 3.05) is 5.73 Å². The van der Waals surface area contributed by atoms with Gasteiger partial charge in [0, 0.05) is 0 Å². The second-order valence-electron chi connectivity index (χ2n) is 3.10. The van der Waals surface area contributed by atoms with E-state index in [1.807, 2.05) is 0 Å². The van der Waals surface area contributed by atoms with E-state index in [1.54, 1.807) is 6.92 Å². The van der Waals surface area contributed by atoms with Crippen LogP contribution < -0.4 is 5.73 Å². The minimum absolute atomic E-state index is 0.247. The van der Waals surface area contributed by atoms with Crippen molar-refractivity contribution in [2.24, 2.45) is 0 Å². The molecular formula is C8H9N5O2. The average molecular weight is 207 g/mol. The number of nitrogen functional groups attached to an aromatic ring is 1. The second kappa shape index (κ2) is 3.19. The number of carbonyl (C=O) groups is 1. The molecule has 7 nitrogen and oxygen atoms in total. The van der Waals surface area contributed by atoms with Gasteiger partial charge in [-0.1, -0.05) is 0 Å². The number of fused-ring (bicyclic) bond motifs is 1. The highest BCUT2D eigenvalue weighted by Crippen LogP contribution is 2.18. The van der Waals surface area contributed by atoms with Gasteiger partial charge < -0.3 is 15.4 Å². The Hall–Kier alpha value is -2.18. The highest BCUT2D eigenvalue weighted by Gasteiger charge is 2.17. The minimum Gasteiger partial charge on any atom is -0.480 e. The molecule has 0 radical (unpaired) electrons. The Morgan fingerprint density at radius 3 is 2.93 bits per heavy atom. The first-order valence-corrected chi connectivity index (χ1v) is 4.27. The maximum Gasteiger partial charge on any atom is 0.326 e. The largest absolute Gasteiger partial charge is 0.480 e. The Labute approximate surface area is 84.6 Å². The van der Waals surface area contributed by atoms with Crippen LogP contribution in [0.2, 0.25) is 0 Å². The number of hydrogen-bond acceptors (Lipinski definition) is 5. The van der Waals surface area contributed by atoms with E-state index in [4.69, 9.17) is 10.8 Å². The van der Waals surface area contributed by atoms with E-state index in [0.29, 0.717) is 11.2 Å². The van der Waals surface area contributed by atoms with Gasteiger partial charge in [0.1, 0.15) is 17.9 Å². The zero-order chi connectivity index (χ0) is 11.0. The highest BCUT2D eigenvalue weighted by molar-refractivity contribution is 5.83. The Bertz CT molecular complexity index is 521. The van der Waals surface area contributed by atoms with E-state index in [-0.39, 0.29) is 5.82 Å². The van der Waals surface area contributed by atoms with Gasteiger partial charge >= 0.3 is 5.97 Å². The van der Waals surface area contributed by atoms with Crippen molar-refractivity contribution in [3.63, 3.8) is 0 Å². The van der Waals surface area contributed by atoms with Crippen LogP contribution in [0.5, 0.6) is 0 Å². The molecule has 0 aliphatic carbocycles. The van der Waals surface area contributed by atoms with Gasteiger partial charge in [0.15, 0.2) is 11.5 Å². The van der Waals surface area contributed by atoms with Crippen LogP contribution in [0.15, 0.2) is 12.7 Å². The molecule has 2 aromatic rings. The number of rotatable bonds is 2. The Morgan fingerprint density at radius 1 is 1.53 bits per heavy atom. The molecule has 0 aliphatic rings. The summed E-state index contributed by atoms with van der Waals surface area (Å²) in [6, 6.07) is -0.732. The second-order valence-corrected chi connectivity index (χ2v) is 3.10. The van der Waals surface area contributed by atoms with E-state index < -0.39 is 12.0 Å². The quantitative estimate of drug-likeness (QED) is 0.720. The number of nitrogens with two attached hydrogens (primary N) is 1. The fourth-order valence-corrected chi connectivity index (χ4v) is 1.27. The summed E-state index contributed by atoms with van der Waals surface area (Å²) in [4.78, 5) is 22.5. The van der Waals surface area contributed by atoms with Crippen molar-refractivity contribution in [2.45, 2.75) is 13.0 Å². The molecule has 0 saturated carbocycles. The summed E-state index contributed by atoms with van der Waals surface area (Å²) < 4.78 is 1.44. The Morgan fingerprint density at radius 2 is 2.27 bits per heavy atom. The third-order valence-corrected chi connectivity index (χ3v) is 2.16. The summed E-state index contributed by atoms with van der Waals surface area (Å²) >= 11 is 0. The SMILES string of the molecule is C[C@H](C(=O)O)n1cnc2c(N)ncnc21. The van der Waals surface area contributed by atoms with Gasteiger partial charge in [-0.2, -0.15) is 0 Å². The summed E-state index contributed by atoms with van der Waals surface area (Å²) in [6.07, 6.45) is 2.68. The zero-order valence-corrected chi connectivity index (χ0v) is 7.95. The number of anilines is 1. The van der Waals surface area contributed by atoms with Crippen molar-refractivity contribution >= 4 is 23.0 Å². The van der Waals surface area contributed by atoms with Gasteiger partial charge in [-0.25, -0.2) is 19.7 Å². The van der Waals surface area contributed by atoms with Crippen LogP contribution in [-0.2, 0) is 4.79 Å². The Balaban J connectivity index is 2.64. The van der Waals surface area contributed by atoms with Crippen molar-refractivity contribution in [1.82, 2.24) is 19.5 Å². The normalized spacial score (nSPS) is 12.9. The van der Waals surface area contributed by atoms with Crippen LogP contribution in [0, 0.1) is 0 Å². The van der Waals surface area contributed by atoms with E-state index in [9.17, 15) is 4.79 Å². The predicted octanol–water partition coefficient (Wildman–Crippen LogP) is 0.0541. The van der Waals surface area contributed by atoms with Crippen LogP contribution in [0.25, 0.3) is 11.2 Å². The number of carboxylic acid groups (broad SMARTS) is 1. The van der Waals surface area contributed by atoms with Gasteiger partial charge in [-0.05, 0) is 6.92 Å². The molecule has 1 atom stereocenters. The summed E-state index contributed by atoms with van der Waals surface area (Å²) in [6.45, 7) is 1.54. The molecule has 0 amide bonds. The molecule has 2 heterocycles. The van der Waals surface area contributed by atoms with E-state index >= 15 is 0 Å². The lowest BCUT2D eigenvalue weighted by atomic mass is 10.3. The van der Waals surface area contributed by atoms with Crippen LogP contribution in [0.4, 0.5) is 5.82 Å². The molecule has 15 heavy (non-hydrogen) atoms. The van der Waals surface area contributed by atoms with Crippen molar-refractivity contribution in [3.8, 4) is 0 Å². The first-order chi connectivity index (χ1) is 7.11. The number of carboxylic acids is 1. The van der Waals surface area contributed by atoms with Gasteiger partial charge in [-0.15, -0.1) is 0 Å². The molecule has 0 fully saturated rings. The van der Waals surface area contributed by atoms with Crippen LogP contribution in [-0.4, -0.2) is 30.6 Å². The minimum atomic E-state index is -0.952. The van der Waals surface area contributed by atoms with Gasteiger partial charge in [0.2, 0.25) is 0 Å². The number of nitrogens with zero attached hydrogens (tertiary/aromatic N) is 4. The molecule has 0 bridgehead atoms. The fourth-order valence-electron chi connectivity index (χ4n) is 1.27. The van der Waals surface area contributed by atoms with E-state index in [1.165, 1.54) is 17.2 Å². The first kappa shape index (κ1) is 9.38. The maximum atomic E-state index is 10.8. The molecule has 0 aromatic carbocycles. The summed E-state index contributed by atoms with van der Waals surface area (Å²) in [5.74, 6) is -0.706. The van der Waals surface area contributed by atoms with E-state index in [2.05, 4.69) is 15.0 Å². The number of imidazole rings is 1. The van der Waals surface area contributed by atoms with Crippen LogP contribution >= 0.6 is 0 Å². The molecule has 0 saturated heterocycles. The van der Waals surface area contributed by atoms with Crippen molar-refractivity contribution in [1.29, 1.82) is 0 Å². The first-order valence-electron chi connectivity index (χ1n) is 4.27. The molecule has 7 heteroatoms. The van der Waals surface area contributed by atoms with Crippen molar-refractivity contribution < 1.29 is 9.90 Å². The summed E-state index contributed by atoms with van der Waals surface area (Å²) in [5, 5.41) is 8.86. The Kier molecular flexibility index (Phi) is 2.00. The maximum absolute atomic E-state index is 10.8. The summed E-state index contributed by atoms with van der Waals surface area (Å²) in [5.41, 5.74) is 6.42. The summed E-state index contributed by atoms with van der Waals surface area (Å²) in [7, 11) is 0. The predicted molar refractivity (Wildman–Crippen MR) is 52.1 cm³/mol. The monoisotopic (exact) mass is 207 g/mol. The molecule has 78 valence electrons. The zero-order valence-electron chi connectivity index (χ0n) is 7.95. The average Bonchev–Trinajstić information content (AvgIpc) is 2.61. The third kappa shape index (κ3) is 1.37. The van der Waals surface area contributed by atoms with Gasteiger partial charge in [0.05, 0.1) is 6.33 Å². The number of hydrogen-bond donors (Lipinski definition) is 2. The fraction of sp³-hybridized carbons (Fsp3) is 0.250. The van der Waals surface area contributed by atoms with E-state index in [0.717, 1.165) is 0 Å². The molecule has 2 rings (SSSR count). The molecule has 0 unspecified atom stereocenters. The lowest BCUT2D eigenvalue weighted by molar-refractivity contribution is -0.140. The van der Waals surface area contributed by atoms with Crippen molar-refractivity contribution in [3.05, 3.63) is 12.7 Å². The van der Waals surface area contributed by atoms with Gasteiger partial charge in [-0.3, -0.25) is 0 Å². The lowest BCUT2D eigenvalue weighted by Crippen LogP contribution is -2.15. The highest BCUT2D eigenvalue weighted by atomic mass is 16.4. The lowest BCUT2D eigenvalue weighted by Gasteiger charge is -2.07. The third-order valence-electron chi connectivity index (χ3n) is 2.16. The molecule has 2 aromatic heterocycles. The van der Waals surface area contributed by atoms with Crippen LogP contribution in [0.3, 0.4) is 0 Å². The topological polar surface area (TPSA) is 107 Å². The standard InChI is InChI=1S/C8H9N5O2/c1-4(8(14)15)13-3-12-5-6(9)10-2-11-7(5)13/h2-4H,1H3,(H,14,15)(H2,9,10,11)/t4-/m1/s1.